The van der Waals surface area contributed by atoms with E-state index in [1.165, 1.54) is 0 Å². The van der Waals surface area contributed by atoms with Crippen molar-refractivity contribution >= 4 is 23.2 Å². The first-order chi connectivity index (χ1) is 14.1. The second kappa shape index (κ2) is 9.85. The van der Waals surface area contributed by atoms with Crippen molar-refractivity contribution < 1.29 is 19.0 Å². The molecule has 0 radical (unpaired) electrons. The number of benzene rings is 3. The summed E-state index contributed by atoms with van der Waals surface area (Å²) < 4.78 is 17.0. The van der Waals surface area contributed by atoms with Crippen molar-refractivity contribution in [3.05, 3.63) is 77.8 Å². The number of para-hydroxylation sites is 1. The van der Waals surface area contributed by atoms with Crippen LogP contribution in [0.15, 0.2) is 72.8 Å². The van der Waals surface area contributed by atoms with Gasteiger partial charge in [-0.1, -0.05) is 42.8 Å². The summed E-state index contributed by atoms with van der Waals surface area (Å²) >= 11 is 6.13. The lowest BCUT2D eigenvalue weighted by Crippen LogP contribution is -2.32. The van der Waals surface area contributed by atoms with Crippen LogP contribution < -0.4 is 19.5 Å². The number of rotatable bonds is 8. The fourth-order valence-corrected chi connectivity index (χ4v) is 2.85. The van der Waals surface area contributed by atoms with Crippen molar-refractivity contribution in [2.75, 3.05) is 12.4 Å². The average molecular weight is 412 g/mol. The maximum Gasteiger partial charge on any atom is 0.265 e. The van der Waals surface area contributed by atoms with Crippen LogP contribution in [0.1, 0.15) is 13.3 Å². The van der Waals surface area contributed by atoms with Gasteiger partial charge in [0, 0.05) is 11.1 Å². The van der Waals surface area contributed by atoms with Gasteiger partial charge in [-0.05, 0) is 48.9 Å². The van der Waals surface area contributed by atoms with E-state index in [1.807, 2.05) is 49.4 Å². The molecule has 0 spiro atoms. The van der Waals surface area contributed by atoms with Crippen LogP contribution >= 0.6 is 11.6 Å². The number of anilines is 1. The number of halogens is 1. The number of hydrogen-bond donors (Lipinski definition) is 1. The van der Waals surface area contributed by atoms with Crippen molar-refractivity contribution in [1.29, 1.82) is 0 Å². The molecular weight excluding hydrogens is 390 g/mol. The first kappa shape index (κ1) is 20.6. The van der Waals surface area contributed by atoms with Crippen LogP contribution in [-0.2, 0) is 4.79 Å². The lowest BCUT2D eigenvalue weighted by Gasteiger charge is -2.19. The van der Waals surface area contributed by atoms with Crippen LogP contribution in [0.5, 0.6) is 23.0 Å². The highest BCUT2D eigenvalue weighted by Gasteiger charge is 2.20. The molecule has 0 unspecified atom stereocenters. The van der Waals surface area contributed by atoms with Crippen LogP contribution in [0.2, 0.25) is 5.02 Å². The zero-order valence-electron chi connectivity index (χ0n) is 16.2. The highest BCUT2D eigenvalue weighted by Crippen LogP contribution is 2.32. The summed E-state index contributed by atoms with van der Waals surface area (Å²) in [6.45, 7) is 1.88. The Bertz CT molecular complexity index is 962. The van der Waals surface area contributed by atoms with Gasteiger partial charge in [0.05, 0.1) is 12.8 Å². The van der Waals surface area contributed by atoms with Gasteiger partial charge in [-0.25, -0.2) is 0 Å². The van der Waals surface area contributed by atoms with E-state index in [1.54, 1.807) is 37.4 Å². The van der Waals surface area contributed by atoms with Gasteiger partial charge < -0.3 is 19.5 Å². The Kier molecular flexibility index (Phi) is 6.98. The third-order valence-corrected chi connectivity index (χ3v) is 4.39. The molecule has 0 saturated heterocycles. The van der Waals surface area contributed by atoms with E-state index in [2.05, 4.69) is 5.32 Å². The maximum absolute atomic E-state index is 12.9. The number of nitrogens with one attached hydrogen (secondary N) is 1. The number of amides is 1. The van der Waals surface area contributed by atoms with Crippen LogP contribution in [0.4, 0.5) is 5.69 Å². The number of methoxy groups -OCH3 is 1. The fourth-order valence-electron chi connectivity index (χ4n) is 2.68. The molecule has 0 bridgehead atoms. The maximum atomic E-state index is 12.9. The average Bonchev–Trinajstić information content (AvgIpc) is 2.74. The van der Waals surface area contributed by atoms with Gasteiger partial charge in [-0.2, -0.15) is 0 Å². The summed E-state index contributed by atoms with van der Waals surface area (Å²) in [7, 11) is 1.58. The van der Waals surface area contributed by atoms with Gasteiger partial charge in [-0.15, -0.1) is 0 Å². The molecule has 0 aliphatic rings. The van der Waals surface area contributed by atoms with Crippen molar-refractivity contribution in [2.24, 2.45) is 0 Å². The summed E-state index contributed by atoms with van der Waals surface area (Å²) in [5.41, 5.74) is 0.471. The second-order valence-corrected chi connectivity index (χ2v) is 6.68. The molecule has 1 atom stereocenters. The predicted octanol–water partition coefficient (Wildman–Crippen LogP) is 5.94. The Morgan fingerprint density at radius 3 is 2.41 bits per heavy atom. The monoisotopic (exact) mass is 411 g/mol. The minimum absolute atomic E-state index is 0.296. The molecule has 0 heterocycles. The number of carbonyl (C=O) groups excluding carboxylic acids is 1. The molecule has 0 saturated carbocycles. The highest BCUT2D eigenvalue weighted by atomic mass is 35.5. The normalized spacial score (nSPS) is 11.4. The molecule has 0 aromatic heterocycles. The molecule has 3 aromatic rings. The van der Waals surface area contributed by atoms with E-state index in [0.29, 0.717) is 40.1 Å². The molecule has 3 aromatic carbocycles. The third-order valence-electron chi connectivity index (χ3n) is 4.15. The fraction of sp³-hybridized carbons (Fsp3) is 0.174. The first-order valence-corrected chi connectivity index (χ1v) is 9.61. The van der Waals surface area contributed by atoms with Crippen molar-refractivity contribution in [3.8, 4) is 23.0 Å². The van der Waals surface area contributed by atoms with Crippen LogP contribution in [0.25, 0.3) is 0 Å². The smallest absolute Gasteiger partial charge is 0.265 e. The molecule has 29 heavy (non-hydrogen) atoms. The van der Waals surface area contributed by atoms with Gasteiger partial charge in [0.1, 0.15) is 17.2 Å². The Morgan fingerprint density at radius 2 is 1.69 bits per heavy atom. The Hall–Kier alpha value is -3.18. The number of hydrogen-bond acceptors (Lipinski definition) is 4. The van der Waals surface area contributed by atoms with Crippen LogP contribution in [-0.4, -0.2) is 19.1 Å². The number of carbonyl (C=O) groups is 1. The zero-order valence-corrected chi connectivity index (χ0v) is 17.0. The van der Waals surface area contributed by atoms with Crippen LogP contribution in [0.3, 0.4) is 0 Å². The molecule has 0 fully saturated rings. The van der Waals surface area contributed by atoms with E-state index in [0.717, 1.165) is 0 Å². The molecule has 6 heteroatoms. The zero-order chi connectivity index (χ0) is 20.6. The summed E-state index contributed by atoms with van der Waals surface area (Å²) in [5, 5.41) is 3.36. The summed E-state index contributed by atoms with van der Waals surface area (Å²) in [4.78, 5) is 12.9. The van der Waals surface area contributed by atoms with Crippen molar-refractivity contribution in [2.45, 2.75) is 19.4 Å². The Balaban J connectivity index is 1.76. The van der Waals surface area contributed by atoms with Gasteiger partial charge >= 0.3 is 0 Å². The molecule has 3 rings (SSSR count). The topological polar surface area (TPSA) is 56.8 Å². The van der Waals surface area contributed by atoms with Gasteiger partial charge in [-0.3, -0.25) is 4.79 Å². The standard InChI is InChI=1S/C23H22ClNO4/c1-3-21(29-19-11-7-10-18(15-19)27-2)23(26)25-20-14-16(24)12-13-22(20)28-17-8-5-4-6-9-17/h4-15,21H,3H2,1-2H3,(H,25,26)/t21-/m1/s1. The molecule has 0 aliphatic heterocycles. The SMILES string of the molecule is CC[C@@H](Oc1cccc(OC)c1)C(=O)Nc1cc(Cl)ccc1Oc1ccccc1. The predicted molar refractivity (Wildman–Crippen MR) is 114 cm³/mol. The number of ether oxygens (including phenoxy) is 3. The molecule has 1 N–H and O–H groups in total. The lowest BCUT2D eigenvalue weighted by molar-refractivity contribution is -0.122. The molecule has 5 nitrogen and oxygen atoms in total. The summed E-state index contributed by atoms with van der Waals surface area (Å²) in [6.07, 6.45) is -0.205. The molecule has 0 aliphatic carbocycles. The van der Waals surface area contributed by atoms with Crippen molar-refractivity contribution in [3.63, 3.8) is 0 Å². The van der Waals surface area contributed by atoms with E-state index in [4.69, 9.17) is 25.8 Å². The summed E-state index contributed by atoms with van der Waals surface area (Å²) in [5.74, 6) is 2.06. The van der Waals surface area contributed by atoms with E-state index < -0.39 is 6.10 Å². The third kappa shape index (κ3) is 5.65. The largest absolute Gasteiger partial charge is 0.497 e. The highest BCUT2D eigenvalue weighted by molar-refractivity contribution is 6.31. The Labute approximate surface area is 175 Å². The van der Waals surface area contributed by atoms with Gasteiger partial charge in [0.15, 0.2) is 11.9 Å². The van der Waals surface area contributed by atoms with Gasteiger partial charge in [0.2, 0.25) is 0 Å². The second-order valence-electron chi connectivity index (χ2n) is 6.24. The van der Waals surface area contributed by atoms with E-state index >= 15 is 0 Å². The lowest BCUT2D eigenvalue weighted by atomic mass is 10.2. The van der Waals surface area contributed by atoms with E-state index in [-0.39, 0.29) is 5.91 Å². The quantitative estimate of drug-likeness (QED) is 0.498. The summed E-state index contributed by atoms with van der Waals surface area (Å²) in [6, 6.07) is 21.5. The molecular formula is C23H22ClNO4. The first-order valence-electron chi connectivity index (χ1n) is 9.23. The van der Waals surface area contributed by atoms with Gasteiger partial charge in [0.25, 0.3) is 5.91 Å². The Morgan fingerprint density at radius 1 is 0.966 bits per heavy atom. The van der Waals surface area contributed by atoms with E-state index in [9.17, 15) is 4.79 Å². The molecule has 150 valence electrons. The van der Waals surface area contributed by atoms with Crippen molar-refractivity contribution in [1.82, 2.24) is 0 Å². The molecule has 1 amide bonds. The van der Waals surface area contributed by atoms with Crippen LogP contribution in [0, 0.1) is 0 Å². The minimum atomic E-state index is -0.689. The minimum Gasteiger partial charge on any atom is -0.497 e.